The number of aromatic nitrogens is 4. The molecule has 0 bridgehead atoms. The maximum atomic E-state index is 11.2. The molecule has 0 amide bonds. The summed E-state index contributed by atoms with van der Waals surface area (Å²) in [7, 11) is -3.25. The van der Waals surface area contributed by atoms with Crippen molar-refractivity contribution in [3.63, 3.8) is 0 Å². The van der Waals surface area contributed by atoms with E-state index in [9.17, 15) is 9.67 Å². The number of nitrogens with zero attached hydrogens (tertiary/aromatic N) is 4. The largest absolute Gasteiger partial charge is 0.394 e. The van der Waals surface area contributed by atoms with Gasteiger partial charge in [0.2, 0.25) is 0 Å². The fourth-order valence-electron chi connectivity index (χ4n) is 2.83. The number of anilines is 1. The van der Waals surface area contributed by atoms with E-state index in [4.69, 9.17) is 24.6 Å². The van der Waals surface area contributed by atoms with Crippen molar-refractivity contribution in [2.24, 2.45) is 0 Å². The number of ether oxygens (including phenoxy) is 2. The Kier molecular flexibility index (Phi) is 5.62. The summed E-state index contributed by atoms with van der Waals surface area (Å²) in [5.74, 6) is 0.222. The van der Waals surface area contributed by atoms with Crippen molar-refractivity contribution in [2.75, 3.05) is 18.9 Å². The van der Waals surface area contributed by atoms with Crippen LogP contribution in [0.3, 0.4) is 0 Å². The second-order valence-corrected chi connectivity index (χ2v) is 6.28. The molecule has 3 unspecified atom stereocenters. The fourth-order valence-corrected chi connectivity index (χ4v) is 3.34. The van der Waals surface area contributed by atoms with E-state index in [1.54, 1.807) is 4.57 Å². The molecule has 3 rings (SSSR count). The van der Waals surface area contributed by atoms with Gasteiger partial charge in [0.1, 0.15) is 30.2 Å². The minimum Gasteiger partial charge on any atom is -0.394 e. The van der Waals surface area contributed by atoms with Gasteiger partial charge in [0.25, 0.3) is 0 Å². The minimum atomic E-state index is -3.25. The van der Waals surface area contributed by atoms with E-state index < -0.39 is 39.4 Å². The Hall–Kier alpha value is -1.62. The predicted octanol–water partition coefficient (Wildman–Crippen LogP) is -0.139. The molecule has 2 aromatic rings. The lowest BCUT2D eigenvalue weighted by Gasteiger charge is -2.23. The van der Waals surface area contributed by atoms with Gasteiger partial charge >= 0.3 is 8.25 Å². The van der Waals surface area contributed by atoms with Gasteiger partial charge in [0, 0.05) is 6.61 Å². The Bertz CT molecular complexity index is 758. The first-order valence-corrected chi connectivity index (χ1v) is 9.03. The third-order valence-electron chi connectivity index (χ3n) is 3.88. The van der Waals surface area contributed by atoms with Crippen LogP contribution in [0.15, 0.2) is 12.7 Å². The Labute approximate surface area is 143 Å². The third-order valence-corrected chi connectivity index (χ3v) is 4.35. The van der Waals surface area contributed by atoms with Crippen molar-refractivity contribution < 1.29 is 28.6 Å². The maximum Gasteiger partial charge on any atom is 0.317 e. The van der Waals surface area contributed by atoms with Gasteiger partial charge in [0.15, 0.2) is 17.7 Å². The molecule has 11 nitrogen and oxygen atoms in total. The Morgan fingerprint density at radius 3 is 2.88 bits per heavy atom. The summed E-state index contributed by atoms with van der Waals surface area (Å²) in [6.45, 7) is 1.92. The van der Waals surface area contributed by atoms with Gasteiger partial charge in [0.05, 0.1) is 12.9 Å². The average molecular weight is 373 g/mol. The molecule has 25 heavy (non-hydrogen) atoms. The summed E-state index contributed by atoms with van der Waals surface area (Å²) in [5.41, 5.74) is 6.63. The lowest BCUT2D eigenvalue weighted by atomic mass is 10.1. The molecular weight excluding hydrogens is 353 g/mol. The van der Waals surface area contributed by atoms with Gasteiger partial charge < -0.3 is 29.7 Å². The van der Waals surface area contributed by atoms with Gasteiger partial charge in [-0.15, -0.1) is 0 Å². The van der Waals surface area contributed by atoms with Crippen LogP contribution >= 0.6 is 8.25 Å². The first-order valence-electron chi connectivity index (χ1n) is 7.77. The van der Waals surface area contributed by atoms with Gasteiger partial charge in [-0.25, -0.2) is 15.0 Å². The van der Waals surface area contributed by atoms with Crippen molar-refractivity contribution in [1.82, 2.24) is 19.5 Å². The second kappa shape index (κ2) is 7.73. The van der Waals surface area contributed by atoms with Gasteiger partial charge in [-0.3, -0.25) is 9.13 Å². The maximum absolute atomic E-state index is 11.2. The second-order valence-electron chi connectivity index (χ2n) is 5.51. The SMILES string of the molecule is CCCOC1C(O[PH](=O)O)[C@@H](CO)O[C@H]1n1cnc2c(N)ncnc21. The van der Waals surface area contributed by atoms with E-state index in [1.807, 2.05) is 6.92 Å². The highest BCUT2D eigenvalue weighted by atomic mass is 31.1. The number of nitrogens with two attached hydrogens (primary N) is 1. The van der Waals surface area contributed by atoms with Gasteiger partial charge in [-0.2, -0.15) is 0 Å². The summed E-state index contributed by atoms with van der Waals surface area (Å²) in [6, 6.07) is 0. The number of imidazole rings is 1. The van der Waals surface area contributed by atoms with Crippen LogP contribution in [0.1, 0.15) is 19.6 Å². The molecule has 1 aliphatic heterocycles. The average Bonchev–Trinajstić information content (AvgIpc) is 3.15. The first kappa shape index (κ1) is 18.2. The predicted molar refractivity (Wildman–Crippen MR) is 86.9 cm³/mol. The van der Waals surface area contributed by atoms with Crippen LogP contribution in [-0.4, -0.2) is 61.0 Å². The zero-order valence-corrected chi connectivity index (χ0v) is 14.5. The lowest BCUT2D eigenvalue weighted by Crippen LogP contribution is -2.36. The molecule has 0 saturated carbocycles. The number of aliphatic hydroxyl groups is 1. The number of nitrogen functional groups attached to an aromatic ring is 1. The van der Waals surface area contributed by atoms with Crippen LogP contribution in [0.5, 0.6) is 0 Å². The molecule has 2 aromatic heterocycles. The molecule has 0 aromatic carbocycles. The molecular formula is C13H20N5O6P. The van der Waals surface area contributed by atoms with Crippen molar-refractivity contribution >= 4 is 25.2 Å². The molecule has 0 radical (unpaired) electrons. The monoisotopic (exact) mass is 373 g/mol. The Morgan fingerprint density at radius 2 is 2.20 bits per heavy atom. The Morgan fingerprint density at radius 1 is 1.40 bits per heavy atom. The lowest BCUT2D eigenvalue weighted by molar-refractivity contribution is -0.0698. The van der Waals surface area contributed by atoms with Crippen molar-refractivity contribution in [2.45, 2.75) is 37.9 Å². The van der Waals surface area contributed by atoms with Crippen molar-refractivity contribution in [3.8, 4) is 0 Å². The van der Waals surface area contributed by atoms with Crippen LogP contribution in [-0.2, 0) is 18.6 Å². The van der Waals surface area contributed by atoms with Crippen LogP contribution in [0.2, 0.25) is 0 Å². The molecule has 0 spiro atoms. The molecule has 138 valence electrons. The minimum absolute atomic E-state index is 0.222. The smallest absolute Gasteiger partial charge is 0.317 e. The van der Waals surface area contributed by atoms with E-state index in [0.29, 0.717) is 17.8 Å². The topological polar surface area (TPSA) is 155 Å². The fraction of sp³-hybridized carbons (Fsp3) is 0.615. The molecule has 0 aliphatic carbocycles. The number of fused-ring (bicyclic) bond motifs is 1. The zero-order valence-electron chi connectivity index (χ0n) is 13.5. The van der Waals surface area contributed by atoms with E-state index in [0.717, 1.165) is 6.42 Å². The van der Waals surface area contributed by atoms with Crippen molar-refractivity contribution in [1.29, 1.82) is 0 Å². The highest BCUT2D eigenvalue weighted by Gasteiger charge is 2.48. The van der Waals surface area contributed by atoms with Gasteiger partial charge in [-0.05, 0) is 6.42 Å². The normalized spacial score (nSPS) is 27.8. The first-order chi connectivity index (χ1) is 12.1. The number of aliphatic hydroxyl groups excluding tert-OH is 1. The summed E-state index contributed by atoms with van der Waals surface area (Å²) >= 11 is 0. The summed E-state index contributed by atoms with van der Waals surface area (Å²) < 4.78 is 29.5. The number of rotatable bonds is 7. The van der Waals surface area contributed by atoms with E-state index in [-0.39, 0.29) is 5.82 Å². The molecule has 1 aliphatic rings. The molecule has 4 N–H and O–H groups in total. The molecule has 1 saturated heterocycles. The van der Waals surface area contributed by atoms with Gasteiger partial charge in [-0.1, -0.05) is 6.92 Å². The highest BCUT2D eigenvalue weighted by Crippen LogP contribution is 2.38. The summed E-state index contributed by atoms with van der Waals surface area (Å²) in [5, 5.41) is 9.56. The summed E-state index contributed by atoms with van der Waals surface area (Å²) in [4.78, 5) is 21.4. The van der Waals surface area contributed by atoms with Crippen LogP contribution in [0.25, 0.3) is 11.2 Å². The van der Waals surface area contributed by atoms with E-state index >= 15 is 0 Å². The van der Waals surface area contributed by atoms with Crippen LogP contribution < -0.4 is 5.73 Å². The zero-order chi connectivity index (χ0) is 18.0. The molecule has 12 heteroatoms. The highest BCUT2D eigenvalue weighted by molar-refractivity contribution is 7.32. The molecule has 1 fully saturated rings. The number of hydrogen-bond donors (Lipinski definition) is 3. The Balaban J connectivity index is 1.99. The quantitative estimate of drug-likeness (QED) is 0.558. The third kappa shape index (κ3) is 3.52. The van der Waals surface area contributed by atoms with Crippen molar-refractivity contribution in [3.05, 3.63) is 12.7 Å². The van der Waals surface area contributed by atoms with Crippen LogP contribution in [0.4, 0.5) is 5.82 Å². The van der Waals surface area contributed by atoms with E-state index in [1.165, 1.54) is 12.7 Å². The molecule has 5 atom stereocenters. The number of hydrogen-bond acceptors (Lipinski definition) is 9. The van der Waals surface area contributed by atoms with E-state index in [2.05, 4.69) is 15.0 Å². The molecule has 3 heterocycles. The standard InChI is InChI=1S/C13H20N5O6P/c1-2-3-22-10-9(24-25(20)21)7(4-19)23-13(10)18-6-17-8-11(14)15-5-16-12(8)18/h5-7,9-10,13,19,25H,2-4H2,1H3,(H,20,21)(H2,14,15,16)/t7-,9?,10?,13-/m1/s1. The van der Waals surface area contributed by atoms with Crippen LogP contribution in [0, 0.1) is 0 Å². The summed E-state index contributed by atoms with van der Waals surface area (Å²) in [6.07, 6.45) is 0.284.